The van der Waals surface area contributed by atoms with Crippen molar-refractivity contribution < 1.29 is 9.53 Å². The number of ether oxygens (including phenoxy) is 1. The summed E-state index contributed by atoms with van der Waals surface area (Å²) < 4.78 is 5.43. The Morgan fingerprint density at radius 3 is 3.07 bits per heavy atom. The van der Waals surface area contributed by atoms with E-state index in [1.807, 2.05) is 6.07 Å². The molecule has 0 saturated carbocycles. The molecule has 72 valence electrons. The maximum Gasteiger partial charge on any atom is 0.420 e. The molecule has 1 aromatic rings. The van der Waals surface area contributed by atoms with Gasteiger partial charge in [-0.15, -0.1) is 0 Å². The van der Waals surface area contributed by atoms with Crippen LogP contribution < -0.4 is 4.90 Å². The van der Waals surface area contributed by atoms with Crippen LogP contribution in [0.5, 0.6) is 0 Å². The molecule has 5 heteroatoms. The van der Waals surface area contributed by atoms with Gasteiger partial charge >= 0.3 is 6.09 Å². The van der Waals surface area contributed by atoms with E-state index in [1.54, 1.807) is 18.2 Å². The fourth-order valence-corrected chi connectivity index (χ4v) is 1.46. The SMILES string of the molecule is O=C1OC=CCN1c1cccc(Br)n1. The molecule has 1 aromatic heterocycles. The van der Waals surface area contributed by atoms with Crippen molar-refractivity contribution in [3.8, 4) is 0 Å². The zero-order valence-electron chi connectivity index (χ0n) is 7.18. The van der Waals surface area contributed by atoms with Crippen LogP contribution >= 0.6 is 15.9 Å². The van der Waals surface area contributed by atoms with Gasteiger partial charge in [0.2, 0.25) is 0 Å². The standard InChI is InChI=1S/C9H7BrN2O2/c10-7-3-1-4-8(11-7)12-5-2-6-14-9(12)13/h1-4,6H,5H2. The summed E-state index contributed by atoms with van der Waals surface area (Å²) in [6.07, 6.45) is 2.74. The number of anilines is 1. The van der Waals surface area contributed by atoms with E-state index in [-0.39, 0.29) is 0 Å². The van der Waals surface area contributed by atoms with E-state index in [1.165, 1.54) is 11.2 Å². The number of nitrogens with zero attached hydrogens (tertiary/aromatic N) is 2. The van der Waals surface area contributed by atoms with Gasteiger partial charge in [-0.3, -0.25) is 4.90 Å². The van der Waals surface area contributed by atoms with Crippen LogP contribution in [-0.4, -0.2) is 17.6 Å². The number of cyclic esters (lactones) is 1. The van der Waals surface area contributed by atoms with Gasteiger partial charge in [0.05, 0.1) is 12.8 Å². The molecule has 0 N–H and O–H groups in total. The summed E-state index contributed by atoms with van der Waals surface area (Å²) in [5, 5.41) is 0. The minimum Gasteiger partial charge on any atom is -0.418 e. The minimum atomic E-state index is -0.405. The first-order chi connectivity index (χ1) is 6.77. The summed E-state index contributed by atoms with van der Waals surface area (Å²) in [6, 6.07) is 5.37. The van der Waals surface area contributed by atoms with Gasteiger partial charge < -0.3 is 4.74 Å². The number of pyridine rings is 1. The number of hydrogen-bond donors (Lipinski definition) is 0. The number of carbonyl (C=O) groups excluding carboxylic acids is 1. The van der Waals surface area contributed by atoms with Crippen LogP contribution in [0.1, 0.15) is 0 Å². The molecule has 0 unspecified atom stereocenters. The van der Waals surface area contributed by atoms with Crippen LogP contribution in [0, 0.1) is 0 Å². The Kier molecular flexibility index (Phi) is 2.49. The maximum atomic E-state index is 11.3. The van der Waals surface area contributed by atoms with Crippen molar-refractivity contribution in [1.82, 2.24) is 4.98 Å². The van der Waals surface area contributed by atoms with E-state index in [9.17, 15) is 4.79 Å². The lowest BCUT2D eigenvalue weighted by Gasteiger charge is -2.21. The summed E-state index contributed by atoms with van der Waals surface area (Å²) >= 11 is 3.24. The molecule has 0 spiro atoms. The molecular formula is C9H7BrN2O2. The molecule has 1 aliphatic rings. The average molecular weight is 255 g/mol. The molecule has 0 bridgehead atoms. The number of aromatic nitrogens is 1. The molecule has 4 nitrogen and oxygen atoms in total. The molecule has 0 fully saturated rings. The van der Waals surface area contributed by atoms with Gasteiger partial charge in [-0.05, 0) is 34.1 Å². The van der Waals surface area contributed by atoms with Crippen LogP contribution in [0.2, 0.25) is 0 Å². The van der Waals surface area contributed by atoms with E-state index < -0.39 is 6.09 Å². The topological polar surface area (TPSA) is 42.4 Å². The van der Waals surface area contributed by atoms with E-state index in [0.717, 1.165) is 0 Å². The number of rotatable bonds is 1. The predicted octanol–water partition coefficient (Wildman–Crippen LogP) is 2.31. The molecule has 0 aromatic carbocycles. The Hall–Kier alpha value is -1.36. The third kappa shape index (κ3) is 1.77. The van der Waals surface area contributed by atoms with Crippen molar-refractivity contribution in [2.75, 3.05) is 11.4 Å². The van der Waals surface area contributed by atoms with Gasteiger partial charge in [0, 0.05) is 0 Å². The highest BCUT2D eigenvalue weighted by Crippen LogP contribution is 2.17. The Morgan fingerprint density at radius 1 is 1.50 bits per heavy atom. The second-order valence-electron chi connectivity index (χ2n) is 2.68. The third-order valence-electron chi connectivity index (χ3n) is 1.75. The summed E-state index contributed by atoms with van der Waals surface area (Å²) in [5.41, 5.74) is 0. The van der Waals surface area contributed by atoms with E-state index in [0.29, 0.717) is 17.0 Å². The third-order valence-corrected chi connectivity index (χ3v) is 2.19. The Bertz CT molecular complexity index is 392. The van der Waals surface area contributed by atoms with Crippen LogP contribution in [0.4, 0.5) is 10.6 Å². The van der Waals surface area contributed by atoms with Crippen LogP contribution in [0.15, 0.2) is 35.1 Å². The van der Waals surface area contributed by atoms with Crippen LogP contribution in [-0.2, 0) is 4.74 Å². The summed E-state index contributed by atoms with van der Waals surface area (Å²) in [6.45, 7) is 0.488. The van der Waals surface area contributed by atoms with E-state index in [4.69, 9.17) is 4.74 Å². The van der Waals surface area contributed by atoms with Crippen molar-refractivity contribution in [2.45, 2.75) is 0 Å². The van der Waals surface area contributed by atoms with Gasteiger partial charge in [0.15, 0.2) is 0 Å². The first-order valence-corrected chi connectivity index (χ1v) is 4.82. The number of carbonyl (C=O) groups is 1. The quantitative estimate of drug-likeness (QED) is 0.723. The summed E-state index contributed by atoms with van der Waals surface area (Å²) in [7, 11) is 0. The zero-order chi connectivity index (χ0) is 9.97. The second kappa shape index (κ2) is 3.79. The number of hydrogen-bond acceptors (Lipinski definition) is 3. The van der Waals surface area contributed by atoms with Gasteiger partial charge in [0.1, 0.15) is 10.4 Å². The molecule has 2 rings (SSSR count). The highest BCUT2D eigenvalue weighted by atomic mass is 79.9. The highest BCUT2D eigenvalue weighted by Gasteiger charge is 2.19. The lowest BCUT2D eigenvalue weighted by molar-refractivity contribution is 0.190. The first-order valence-electron chi connectivity index (χ1n) is 4.03. The van der Waals surface area contributed by atoms with Crippen molar-refractivity contribution in [3.05, 3.63) is 35.1 Å². The lowest BCUT2D eigenvalue weighted by atomic mass is 10.4. The molecule has 0 radical (unpaired) electrons. The molecule has 1 aliphatic heterocycles. The Morgan fingerprint density at radius 2 is 2.36 bits per heavy atom. The lowest BCUT2D eigenvalue weighted by Crippen LogP contribution is -2.33. The molecule has 0 atom stereocenters. The fourth-order valence-electron chi connectivity index (χ4n) is 1.13. The maximum absolute atomic E-state index is 11.3. The zero-order valence-corrected chi connectivity index (χ0v) is 8.77. The summed E-state index contributed by atoms with van der Waals surface area (Å²) in [4.78, 5) is 16.9. The van der Waals surface area contributed by atoms with E-state index >= 15 is 0 Å². The monoisotopic (exact) mass is 254 g/mol. The molecule has 2 heterocycles. The first kappa shape index (κ1) is 9.21. The summed E-state index contributed by atoms with van der Waals surface area (Å²) in [5.74, 6) is 0.578. The Balaban J connectivity index is 2.30. The predicted molar refractivity (Wildman–Crippen MR) is 54.9 cm³/mol. The Labute approximate surface area is 89.3 Å². The highest BCUT2D eigenvalue weighted by molar-refractivity contribution is 9.10. The molecule has 1 amide bonds. The minimum absolute atomic E-state index is 0.405. The van der Waals surface area contributed by atoms with Gasteiger partial charge in [-0.2, -0.15) is 0 Å². The fraction of sp³-hybridized carbons (Fsp3) is 0.111. The normalized spacial score (nSPS) is 15.5. The number of halogens is 1. The van der Waals surface area contributed by atoms with Gasteiger partial charge in [0.25, 0.3) is 0 Å². The van der Waals surface area contributed by atoms with Gasteiger partial charge in [-0.1, -0.05) is 6.07 Å². The van der Waals surface area contributed by atoms with Crippen LogP contribution in [0.25, 0.3) is 0 Å². The number of amides is 1. The van der Waals surface area contributed by atoms with Crippen molar-refractivity contribution >= 4 is 27.8 Å². The molecule has 0 aliphatic carbocycles. The van der Waals surface area contributed by atoms with Crippen molar-refractivity contribution in [1.29, 1.82) is 0 Å². The van der Waals surface area contributed by atoms with E-state index in [2.05, 4.69) is 20.9 Å². The largest absolute Gasteiger partial charge is 0.420 e. The second-order valence-corrected chi connectivity index (χ2v) is 3.50. The van der Waals surface area contributed by atoms with Gasteiger partial charge in [-0.25, -0.2) is 9.78 Å². The molecular weight excluding hydrogens is 248 g/mol. The van der Waals surface area contributed by atoms with Crippen molar-refractivity contribution in [2.24, 2.45) is 0 Å². The average Bonchev–Trinajstić information content (AvgIpc) is 2.18. The smallest absolute Gasteiger partial charge is 0.418 e. The van der Waals surface area contributed by atoms with Crippen molar-refractivity contribution in [3.63, 3.8) is 0 Å². The molecule has 0 saturated heterocycles. The molecule has 14 heavy (non-hydrogen) atoms. The van der Waals surface area contributed by atoms with Crippen LogP contribution in [0.3, 0.4) is 0 Å².